The molecule has 0 fully saturated rings. The zero-order chi connectivity index (χ0) is 11.0. The first-order chi connectivity index (χ1) is 7.08. The highest BCUT2D eigenvalue weighted by Gasteiger charge is 2.21. The minimum absolute atomic E-state index is 0.207. The van der Waals surface area contributed by atoms with Gasteiger partial charge in [0.05, 0.1) is 0 Å². The largest absolute Gasteiger partial charge is 0.505 e. The number of rotatable bonds is 0. The molecular weight excluding hydrogens is 201 g/mol. The molecule has 1 aromatic rings. The average Bonchev–Trinajstić information content (AvgIpc) is 2.19. The van der Waals surface area contributed by atoms with E-state index >= 15 is 0 Å². The first kappa shape index (κ1) is 9.76. The molecule has 0 radical (unpaired) electrons. The zero-order valence-corrected chi connectivity index (χ0v) is 7.90. The summed E-state index contributed by atoms with van der Waals surface area (Å²) in [5.74, 6) is -1.08. The Morgan fingerprint density at radius 2 is 2.13 bits per heavy atom. The summed E-state index contributed by atoms with van der Waals surface area (Å²) in [6.07, 6.45) is -0.511. The lowest BCUT2D eigenvalue weighted by Gasteiger charge is -2.26. The Kier molecular flexibility index (Phi) is 2.22. The second-order valence-corrected chi connectivity index (χ2v) is 3.53. The number of nitrogens with zero attached hydrogens (tertiary/aromatic N) is 1. The summed E-state index contributed by atoms with van der Waals surface area (Å²) in [4.78, 5) is 11.9. The van der Waals surface area contributed by atoms with Crippen molar-refractivity contribution in [2.75, 3.05) is 6.54 Å². The van der Waals surface area contributed by atoms with Crippen molar-refractivity contribution in [3.05, 3.63) is 29.1 Å². The van der Waals surface area contributed by atoms with Gasteiger partial charge in [-0.1, -0.05) is 0 Å². The smallest absolute Gasteiger partial charge is 0.407 e. The summed E-state index contributed by atoms with van der Waals surface area (Å²) in [7, 11) is 0. The van der Waals surface area contributed by atoms with Crippen LogP contribution in [0.5, 0.6) is 5.75 Å². The van der Waals surface area contributed by atoms with Crippen LogP contribution >= 0.6 is 0 Å². The van der Waals surface area contributed by atoms with E-state index in [0.717, 1.165) is 5.56 Å². The highest BCUT2D eigenvalue weighted by atomic mass is 19.1. The number of halogens is 1. The zero-order valence-electron chi connectivity index (χ0n) is 7.90. The lowest BCUT2D eigenvalue weighted by atomic mass is 9.99. The fourth-order valence-electron chi connectivity index (χ4n) is 1.73. The minimum atomic E-state index is -0.996. The molecular formula is C10H10FNO3. The monoisotopic (exact) mass is 211 g/mol. The average molecular weight is 211 g/mol. The maximum atomic E-state index is 13.0. The fraction of sp³-hybridized carbons (Fsp3) is 0.300. The number of aromatic hydroxyl groups is 1. The number of carboxylic acid groups (broad SMARTS) is 1. The van der Waals surface area contributed by atoms with Crippen LogP contribution in [0.1, 0.15) is 11.1 Å². The lowest BCUT2D eigenvalue weighted by molar-refractivity contribution is 0.140. The molecule has 0 saturated carbocycles. The highest BCUT2D eigenvalue weighted by molar-refractivity contribution is 5.65. The minimum Gasteiger partial charge on any atom is -0.505 e. The van der Waals surface area contributed by atoms with E-state index in [1.165, 1.54) is 17.0 Å². The van der Waals surface area contributed by atoms with Gasteiger partial charge in [-0.2, -0.15) is 0 Å². The van der Waals surface area contributed by atoms with Gasteiger partial charge in [0, 0.05) is 13.1 Å². The van der Waals surface area contributed by atoms with Crippen LogP contribution in [0.3, 0.4) is 0 Å². The van der Waals surface area contributed by atoms with Gasteiger partial charge in [-0.05, 0) is 29.7 Å². The fourth-order valence-corrected chi connectivity index (χ4v) is 1.73. The number of hydrogen-bond donors (Lipinski definition) is 2. The molecule has 2 N–H and O–H groups in total. The van der Waals surface area contributed by atoms with Crippen LogP contribution in [0, 0.1) is 5.82 Å². The predicted molar refractivity (Wildman–Crippen MR) is 50.2 cm³/mol. The Morgan fingerprint density at radius 3 is 2.80 bits per heavy atom. The topological polar surface area (TPSA) is 60.8 Å². The van der Waals surface area contributed by atoms with Crippen LogP contribution in [0.2, 0.25) is 0 Å². The van der Waals surface area contributed by atoms with Crippen molar-refractivity contribution in [3.8, 4) is 5.75 Å². The Labute approximate surface area is 85.6 Å². The molecule has 15 heavy (non-hydrogen) atoms. The van der Waals surface area contributed by atoms with Gasteiger partial charge in [-0.15, -0.1) is 0 Å². The van der Waals surface area contributed by atoms with Crippen molar-refractivity contribution in [2.24, 2.45) is 0 Å². The molecule has 1 heterocycles. The van der Waals surface area contributed by atoms with E-state index in [4.69, 9.17) is 10.2 Å². The molecule has 1 aliphatic rings. The number of phenolic OH excluding ortho intramolecular Hbond substituents is 1. The predicted octanol–water partition coefficient (Wildman–Crippen LogP) is 1.57. The van der Waals surface area contributed by atoms with E-state index in [-0.39, 0.29) is 6.54 Å². The maximum Gasteiger partial charge on any atom is 0.407 e. The van der Waals surface area contributed by atoms with E-state index in [1.807, 2.05) is 0 Å². The number of hydrogen-bond acceptors (Lipinski definition) is 2. The number of benzene rings is 1. The van der Waals surface area contributed by atoms with E-state index in [1.54, 1.807) is 0 Å². The van der Waals surface area contributed by atoms with E-state index in [9.17, 15) is 9.18 Å². The van der Waals surface area contributed by atoms with Gasteiger partial charge in [-0.25, -0.2) is 9.18 Å². The lowest BCUT2D eigenvalue weighted by Crippen LogP contribution is -2.34. The standard InChI is InChI=1S/C10H10FNO3/c11-8-3-6-1-2-12(10(14)15)5-7(6)4-9(8)13/h3-4,13H,1-2,5H2,(H,14,15). The molecule has 1 aliphatic heterocycles. The molecule has 5 heteroatoms. The van der Waals surface area contributed by atoms with E-state index < -0.39 is 17.7 Å². The number of amides is 1. The summed E-state index contributed by atoms with van der Waals surface area (Å²) in [6.45, 7) is 0.574. The van der Waals surface area contributed by atoms with Gasteiger partial charge >= 0.3 is 6.09 Å². The summed E-state index contributed by atoms with van der Waals surface area (Å²) in [5, 5.41) is 17.9. The second kappa shape index (κ2) is 3.42. The Bertz CT molecular complexity index is 419. The normalized spacial score (nSPS) is 14.9. The molecule has 0 aromatic heterocycles. The van der Waals surface area contributed by atoms with Crippen LogP contribution in [0.25, 0.3) is 0 Å². The maximum absolute atomic E-state index is 13.0. The van der Waals surface area contributed by atoms with Gasteiger partial charge in [0.25, 0.3) is 0 Å². The Balaban J connectivity index is 2.34. The SMILES string of the molecule is O=C(O)N1CCc2cc(F)c(O)cc2C1. The van der Waals surface area contributed by atoms with Crippen LogP contribution < -0.4 is 0 Å². The molecule has 1 amide bonds. The van der Waals surface area contributed by atoms with Crippen molar-refractivity contribution in [1.29, 1.82) is 0 Å². The van der Waals surface area contributed by atoms with Crippen molar-refractivity contribution in [2.45, 2.75) is 13.0 Å². The third-order valence-electron chi connectivity index (χ3n) is 2.55. The van der Waals surface area contributed by atoms with Gasteiger partial charge in [0.2, 0.25) is 0 Å². The molecule has 0 unspecified atom stereocenters. The van der Waals surface area contributed by atoms with Crippen LogP contribution in [-0.4, -0.2) is 27.8 Å². The summed E-state index contributed by atoms with van der Waals surface area (Å²) in [6, 6.07) is 2.56. The molecule has 0 aliphatic carbocycles. The summed E-state index contributed by atoms with van der Waals surface area (Å²) >= 11 is 0. The number of fused-ring (bicyclic) bond motifs is 1. The van der Waals surface area contributed by atoms with Crippen LogP contribution in [0.4, 0.5) is 9.18 Å². The molecule has 1 aromatic carbocycles. The first-order valence-corrected chi connectivity index (χ1v) is 4.56. The Morgan fingerprint density at radius 1 is 1.40 bits per heavy atom. The van der Waals surface area contributed by atoms with E-state index in [2.05, 4.69) is 0 Å². The van der Waals surface area contributed by atoms with Crippen LogP contribution in [0.15, 0.2) is 12.1 Å². The molecule has 80 valence electrons. The van der Waals surface area contributed by atoms with Crippen molar-refractivity contribution >= 4 is 6.09 Å². The Hall–Kier alpha value is -1.78. The number of phenols is 1. The molecule has 0 bridgehead atoms. The molecule has 0 spiro atoms. The second-order valence-electron chi connectivity index (χ2n) is 3.53. The number of carbonyl (C=O) groups is 1. The molecule has 0 atom stereocenters. The van der Waals surface area contributed by atoms with Gasteiger partial charge in [0.1, 0.15) is 0 Å². The van der Waals surface area contributed by atoms with Crippen LogP contribution in [-0.2, 0) is 13.0 Å². The van der Waals surface area contributed by atoms with Gasteiger partial charge in [-0.3, -0.25) is 0 Å². The quantitative estimate of drug-likeness (QED) is 0.684. The van der Waals surface area contributed by atoms with Gasteiger partial charge in [0.15, 0.2) is 11.6 Å². The van der Waals surface area contributed by atoms with Crippen molar-refractivity contribution < 1.29 is 19.4 Å². The third kappa shape index (κ3) is 1.72. The first-order valence-electron chi connectivity index (χ1n) is 4.56. The third-order valence-corrected chi connectivity index (χ3v) is 2.55. The summed E-state index contributed by atoms with van der Waals surface area (Å²) < 4.78 is 13.0. The highest BCUT2D eigenvalue weighted by Crippen LogP contribution is 2.25. The summed E-state index contributed by atoms with van der Waals surface area (Å²) in [5.41, 5.74) is 1.44. The van der Waals surface area contributed by atoms with E-state index in [0.29, 0.717) is 18.5 Å². The van der Waals surface area contributed by atoms with Crippen molar-refractivity contribution in [3.63, 3.8) is 0 Å². The van der Waals surface area contributed by atoms with Gasteiger partial charge < -0.3 is 15.1 Å². The molecule has 0 saturated heterocycles. The molecule has 4 nitrogen and oxygen atoms in total. The molecule has 2 rings (SSSR count). The van der Waals surface area contributed by atoms with Crippen molar-refractivity contribution in [1.82, 2.24) is 4.90 Å².